The Morgan fingerprint density at radius 1 is 1.13 bits per heavy atom. The maximum absolute atomic E-state index is 2.47. The average Bonchev–Trinajstić information content (AvgIpc) is 2.43. The summed E-state index contributed by atoms with van der Waals surface area (Å²) in [5.74, 6) is 1.28. The maximum Gasteiger partial charge on any atom is 0.117 e. The maximum atomic E-state index is 2.47. The van der Waals surface area contributed by atoms with E-state index in [9.17, 15) is 0 Å². The molecule has 3 aliphatic carbocycles. The minimum atomic E-state index is 0. The van der Waals surface area contributed by atoms with E-state index in [0.29, 0.717) is 17.9 Å². The first-order chi connectivity index (χ1) is 6.67. The SMILES string of the molecule is C[N+]1(C)CCC2=CC3C=CC2C1C=C3.[I-]. The van der Waals surface area contributed by atoms with Crippen LogP contribution in [0, 0.1) is 11.8 Å². The number of allylic oxidation sites excluding steroid dienone is 3. The topological polar surface area (TPSA) is 0 Å². The van der Waals surface area contributed by atoms with Crippen molar-refractivity contribution in [2.24, 2.45) is 11.8 Å². The highest BCUT2D eigenvalue weighted by Crippen LogP contribution is 2.39. The van der Waals surface area contributed by atoms with Gasteiger partial charge in [0, 0.05) is 12.3 Å². The highest BCUT2D eigenvalue weighted by molar-refractivity contribution is 5.33. The minimum absolute atomic E-state index is 0. The van der Waals surface area contributed by atoms with Crippen molar-refractivity contribution in [2.45, 2.75) is 12.5 Å². The van der Waals surface area contributed by atoms with Gasteiger partial charge in [0.1, 0.15) is 6.04 Å². The third kappa shape index (κ3) is 1.72. The van der Waals surface area contributed by atoms with Crippen molar-refractivity contribution in [1.82, 2.24) is 0 Å². The molecular formula is C13H18IN. The minimum Gasteiger partial charge on any atom is -1.00 e. The van der Waals surface area contributed by atoms with Gasteiger partial charge in [0.15, 0.2) is 0 Å². The van der Waals surface area contributed by atoms with Crippen LogP contribution in [0.25, 0.3) is 0 Å². The number of likely N-dealkylation sites (tertiary alicyclic amines) is 1. The molecule has 4 aliphatic rings. The van der Waals surface area contributed by atoms with Crippen LogP contribution in [-0.4, -0.2) is 31.2 Å². The van der Waals surface area contributed by atoms with Gasteiger partial charge in [-0.15, -0.1) is 0 Å². The Labute approximate surface area is 109 Å². The molecular weight excluding hydrogens is 297 g/mol. The second-order valence-electron chi connectivity index (χ2n) is 5.36. The van der Waals surface area contributed by atoms with Crippen molar-refractivity contribution < 1.29 is 28.5 Å². The Morgan fingerprint density at radius 3 is 2.67 bits per heavy atom. The molecule has 0 aromatic carbocycles. The van der Waals surface area contributed by atoms with Gasteiger partial charge in [0.25, 0.3) is 0 Å². The van der Waals surface area contributed by atoms with Gasteiger partial charge in [0.2, 0.25) is 0 Å². The summed E-state index contributed by atoms with van der Waals surface area (Å²) in [6.45, 7) is 1.29. The Balaban J connectivity index is 0.000000853. The molecule has 4 bridgehead atoms. The molecule has 1 fully saturated rings. The lowest BCUT2D eigenvalue weighted by Gasteiger charge is -2.45. The number of nitrogens with zero attached hydrogens (tertiary/aromatic N) is 1. The van der Waals surface area contributed by atoms with E-state index in [1.807, 2.05) is 0 Å². The number of rotatable bonds is 0. The summed E-state index contributed by atoms with van der Waals surface area (Å²) in [7, 11) is 4.72. The first-order valence-electron chi connectivity index (χ1n) is 5.57. The van der Waals surface area contributed by atoms with Gasteiger partial charge in [0.05, 0.1) is 26.6 Å². The summed E-state index contributed by atoms with van der Waals surface area (Å²) in [4.78, 5) is 0. The predicted molar refractivity (Wildman–Crippen MR) is 58.7 cm³/mol. The van der Waals surface area contributed by atoms with Gasteiger partial charge < -0.3 is 28.5 Å². The van der Waals surface area contributed by atoms with Crippen molar-refractivity contribution in [3.05, 3.63) is 36.0 Å². The zero-order chi connectivity index (χ0) is 9.76. The Kier molecular flexibility index (Phi) is 2.84. The van der Waals surface area contributed by atoms with E-state index in [1.165, 1.54) is 13.0 Å². The smallest absolute Gasteiger partial charge is 0.117 e. The van der Waals surface area contributed by atoms with Crippen LogP contribution in [0.3, 0.4) is 0 Å². The predicted octanol–water partition coefficient (Wildman–Crippen LogP) is -0.862. The van der Waals surface area contributed by atoms with Gasteiger partial charge in [-0.1, -0.05) is 29.9 Å². The van der Waals surface area contributed by atoms with E-state index in [-0.39, 0.29) is 24.0 Å². The zero-order valence-electron chi connectivity index (χ0n) is 9.36. The molecule has 0 aromatic rings. The van der Waals surface area contributed by atoms with Crippen LogP contribution in [0.4, 0.5) is 0 Å². The summed E-state index contributed by atoms with van der Waals surface area (Å²) in [6, 6.07) is 0.679. The molecule has 0 aromatic heterocycles. The molecule has 1 saturated heterocycles. The molecule has 0 radical (unpaired) electrons. The van der Waals surface area contributed by atoms with Crippen LogP contribution in [-0.2, 0) is 0 Å². The molecule has 0 spiro atoms. The van der Waals surface area contributed by atoms with E-state index in [4.69, 9.17) is 0 Å². The van der Waals surface area contributed by atoms with Gasteiger partial charge in [-0.3, -0.25) is 0 Å². The number of hydrogen-bond acceptors (Lipinski definition) is 0. The average molecular weight is 315 g/mol. The van der Waals surface area contributed by atoms with Gasteiger partial charge in [-0.05, 0) is 6.08 Å². The van der Waals surface area contributed by atoms with Gasteiger partial charge in [-0.2, -0.15) is 0 Å². The van der Waals surface area contributed by atoms with Crippen molar-refractivity contribution in [3.63, 3.8) is 0 Å². The monoisotopic (exact) mass is 315 g/mol. The molecule has 1 heterocycles. The first kappa shape index (κ1) is 11.4. The fourth-order valence-corrected chi connectivity index (χ4v) is 3.08. The molecule has 3 atom stereocenters. The van der Waals surface area contributed by atoms with Crippen molar-refractivity contribution in [3.8, 4) is 0 Å². The molecule has 0 amide bonds. The van der Waals surface area contributed by atoms with Crippen molar-refractivity contribution >= 4 is 0 Å². The lowest BCUT2D eigenvalue weighted by atomic mass is 9.81. The lowest BCUT2D eigenvalue weighted by Crippen LogP contribution is -3.00. The Morgan fingerprint density at radius 2 is 1.87 bits per heavy atom. The summed E-state index contributed by atoms with van der Waals surface area (Å²) >= 11 is 0. The first-order valence-corrected chi connectivity index (χ1v) is 5.57. The highest BCUT2D eigenvalue weighted by atomic mass is 127. The van der Waals surface area contributed by atoms with Crippen molar-refractivity contribution in [1.29, 1.82) is 0 Å². The zero-order valence-corrected chi connectivity index (χ0v) is 11.5. The van der Waals surface area contributed by atoms with E-state index in [0.717, 1.165) is 4.48 Å². The van der Waals surface area contributed by atoms with Gasteiger partial charge in [-0.25, -0.2) is 0 Å². The lowest BCUT2D eigenvalue weighted by molar-refractivity contribution is -0.914. The Hall–Kier alpha value is -0.0900. The van der Waals surface area contributed by atoms with E-state index in [2.05, 4.69) is 44.5 Å². The standard InChI is InChI=1S/C13H18N.HI/c1-14(2)8-7-11-9-10-3-5-12(11)13(14)6-4-10;/h3-6,9-10,12-13H,7-8H2,1-2H3;1H/q+1;/p-1. The molecule has 0 saturated carbocycles. The molecule has 0 N–H and O–H groups in total. The third-order valence-corrected chi connectivity index (χ3v) is 4.06. The van der Waals surface area contributed by atoms with E-state index >= 15 is 0 Å². The molecule has 1 aliphatic heterocycles. The molecule has 4 rings (SSSR count). The molecule has 82 valence electrons. The second-order valence-corrected chi connectivity index (χ2v) is 5.36. The summed E-state index contributed by atoms with van der Waals surface area (Å²) in [5.41, 5.74) is 1.69. The summed E-state index contributed by atoms with van der Waals surface area (Å²) in [6.07, 6.45) is 13.4. The Bertz CT molecular complexity index is 352. The fourth-order valence-electron chi connectivity index (χ4n) is 3.08. The molecule has 2 heteroatoms. The quantitative estimate of drug-likeness (QED) is 0.310. The number of quaternary nitrogens is 1. The fraction of sp³-hybridized carbons (Fsp3) is 0.538. The van der Waals surface area contributed by atoms with Gasteiger partial charge >= 0.3 is 0 Å². The van der Waals surface area contributed by atoms with Crippen molar-refractivity contribution in [2.75, 3.05) is 20.6 Å². The molecule has 15 heavy (non-hydrogen) atoms. The van der Waals surface area contributed by atoms with Crippen LogP contribution in [0.5, 0.6) is 0 Å². The second kappa shape index (κ2) is 3.74. The normalized spacial score (nSPS) is 39.3. The highest BCUT2D eigenvalue weighted by Gasteiger charge is 2.41. The summed E-state index contributed by atoms with van der Waals surface area (Å²) in [5, 5.41) is 0. The molecule has 3 unspecified atom stereocenters. The van der Waals surface area contributed by atoms with Crippen LogP contribution in [0.2, 0.25) is 0 Å². The van der Waals surface area contributed by atoms with Crippen LogP contribution in [0.1, 0.15) is 6.42 Å². The van der Waals surface area contributed by atoms with Crippen LogP contribution >= 0.6 is 0 Å². The third-order valence-electron chi connectivity index (χ3n) is 4.06. The van der Waals surface area contributed by atoms with E-state index < -0.39 is 0 Å². The van der Waals surface area contributed by atoms with Crippen LogP contribution in [0.15, 0.2) is 36.0 Å². The number of hydrogen-bond donors (Lipinski definition) is 0. The molecule has 1 nitrogen and oxygen atoms in total. The van der Waals surface area contributed by atoms with Crippen LogP contribution < -0.4 is 24.0 Å². The largest absolute Gasteiger partial charge is 1.00 e. The number of likely N-dealkylation sites (N-methyl/N-ethyl adjacent to an activating group) is 1. The van der Waals surface area contributed by atoms with E-state index in [1.54, 1.807) is 5.57 Å². The number of halogens is 1. The number of piperidine rings is 1. The summed E-state index contributed by atoms with van der Waals surface area (Å²) < 4.78 is 1.15.